The molecule has 0 saturated carbocycles. The molecule has 3 aromatic carbocycles. The molecule has 0 aliphatic carbocycles. The largest absolute Gasteiger partial charge is 0.319 e. The molecule has 1 aliphatic rings. The number of fused-ring (bicyclic) bond motifs is 2. The summed E-state index contributed by atoms with van der Waals surface area (Å²) < 4.78 is 30.9. The molecule has 5 rings (SSSR count). The van der Waals surface area contributed by atoms with Crippen LogP contribution in [0.3, 0.4) is 0 Å². The van der Waals surface area contributed by atoms with Crippen LogP contribution in [0.1, 0.15) is 27.9 Å². The molecule has 4 aromatic rings. The van der Waals surface area contributed by atoms with Gasteiger partial charge in [0.05, 0.1) is 20.8 Å². The standard InChI is InChI=1S/C25H22ClN3O3S2/c1-16-14-19(26)15-22-23(16)28(2)25(33-22)27-24(30)18-9-11-20(12-10-18)34(31,32)29-13-5-7-17-6-3-4-8-21(17)29/h3-4,6,8-12,14-15H,5,7,13H2,1-2H3. The average Bonchev–Trinajstić information content (AvgIpc) is 3.13. The second kappa shape index (κ2) is 8.69. The molecule has 1 amide bonds. The monoisotopic (exact) mass is 511 g/mol. The summed E-state index contributed by atoms with van der Waals surface area (Å²) in [7, 11) is -1.87. The third-order valence-electron chi connectivity index (χ3n) is 6.01. The Morgan fingerprint density at radius 3 is 2.59 bits per heavy atom. The molecule has 6 nitrogen and oxygen atoms in total. The number of hydrogen-bond acceptors (Lipinski definition) is 4. The Bertz CT molecular complexity index is 1600. The molecule has 174 valence electrons. The van der Waals surface area contributed by atoms with Crippen LogP contribution in [0.5, 0.6) is 0 Å². The van der Waals surface area contributed by atoms with Crippen molar-refractivity contribution in [3.8, 4) is 0 Å². The van der Waals surface area contributed by atoms with Crippen molar-refractivity contribution in [3.63, 3.8) is 0 Å². The van der Waals surface area contributed by atoms with Gasteiger partial charge in [0.25, 0.3) is 15.9 Å². The summed E-state index contributed by atoms with van der Waals surface area (Å²) in [4.78, 5) is 17.8. The SMILES string of the molecule is Cc1cc(Cl)cc2sc(=NC(=O)c3ccc(S(=O)(=O)N4CCCc5ccccc54)cc3)n(C)c12. The van der Waals surface area contributed by atoms with Crippen molar-refractivity contribution in [2.75, 3.05) is 10.8 Å². The van der Waals surface area contributed by atoms with Crippen LogP contribution >= 0.6 is 22.9 Å². The molecule has 0 fully saturated rings. The van der Waals surface area contributed by atoms with Gasteiger partial charge >= 0.3 is 0 Å². The molecule has 0 radical (unpaired) electrons. The first kappa shape index (κ1) is 22.8. The van der Waals surface area contributed by atoms with E-state index in [1.807, 2.05) is 54.9 Å². The average molecular weight is 512 g/mol. The van der Waals surface area contributed by atoms with E-state index >= 15 is 0 Å². The van der Waals surface area contributed by atoms with E-state index in [1.54, 1.807) is 0 Å². The fourth-order valence-corrected chi connectivity index (χ4v) is 7.38. The fourth-order valence-electron chi connectivity index (χ4n) is 4.37. The summed E-state index contributed by atoms with van der Waals surface area (Å²) in [6.45, 7) is 2.40. The Hall–Kier alpha value is -2.94. The molecule has 0 unspecified atom stereocenters. The molecule has 0 bridgehead atoms. The molecule has 0 N–H and O–H groups in total. The van der Waals surface area contributed by atoms with Crippen molar-refractivity contribution in [1.82, 2.24) is 4.57 Å². The van der Waals surface area contributed by atoms with Gasteiger partial charge in [0.2, 0.25) is 0 Å². The number of sulfonamides is 1. The van der Waals surface area contributed by atoms with Crippen molar-refractivity contribution >= 4 is 54.8 Å². The minimum Gasteiger partial charge on any atom is -0.319 e. The van der Waals surface area contributed by atoms with E-state index in [4.69, 9.17) is 11.6 Å². The summed E-state index contributed by atoms with van der Waals surface area (Å²) in [6, 6.07) is 17.3. The lowest BCUT2D eigenvalue weighted by Gasteiger charge is -2.30. The van der Waals surface area contributed by atoms with E-state index in [-0.39, 0.29) is 4.90 Å². The van der Waals surface area contributed by atoms with E-state index in [0.29, 0.717) is 21.9 Å². The molecule has 34 heavy (non-hydrogen) atoms. The number of hydrogen-bond donors (Lipinski definition) is 0. The van der Waals surface area contributed by atoms with Crippen molar-refractivity contribution in [2.45, 2.75) is 24.7 Å². The first-order valence-corrected chi connectivity index (χ1v) is 13.4. The molecule has 9 heteroatoms. The number of aromatic nitrogens is 1. The maximum absolute atomic E-state index is 13.3. The van der Waals surface area contributed by atoms with Crippen LogP contribution in [0.25, 0.3) is 10.2 Å². The molecule has 2 heterocycles. The number of nitrogens with zero attached hydrogens (tertiary/aromatic N) is 3. The van der Waals surface area contributed by atoms with Crippen LogP contribution in [0, 0.1) is 6.92 Å². The Morgan fingerprint density at radius 1 is 1.09 bits per heavy atom. The van der Waals surface area contributed by atoms with Gasteiger partial charge in [-0.2, -0.15) is 4.99 Å². The van der Waals surface area contributed by atoms with Gasteiger partial charge in [-0.05, 0) is 73.4 Å². The zero-order valence-electron chi connectivity index (χ0n) is 18.7. The second-order valence-electron chi connectivity index (χ2n) is 8.26. The summed E-state index contributed by atoms with van der Waals surface area (Å²) >= 11 is 7.55. The number of benzene rings is 3. The summed E-state index contributed by atoms with van der Waals surface area (Å²) in [5.74, 6) is -0.432. The number of carbonyl (C=O) groups excluding carboxylic acids is 1. The number of anilines is 1. The number of halogens is 1. The Kier molecular flexibility index (Phi) is 5.83. The van der Waals surface area contributed by atoms with Crippen LogP contribution in [0.4, 0.5) is 5.69 Å². The van der Waals surface area contributed by atoms with Crippen molar-refractivity contribution in [3.05, 3.63) is 87.2 Å². The number of carbonyl (C=O) groups is 1. The number of amides is 1. The number of thiazole rings is 1. The third-order valence-corrected chi connectivity index (χ3v) is 9.13. The predicted molar refractivity (Wildman–Crippen MR) is 136 cm³/mol. The van der Waals surface area contributed by atoms with Gasteiger partial charge < -0.3 is 4.57 Å². The van der Waals surface area contributed by atoms with E-state index in [1.165, 1.54) is 39.9 Å². The highest BCUT2D eigenvalue weighted by atomic mass is 35.5. The minimum absolute atomic E-state index is 0.151. The van der Waals surface area contributed by atoms with E-state index in [2.05, 4.69) is 4.99 Å². The Balaban J connectivity index is 1.46. The van der Waals surface area contributed by atoms with Crippen molar-refractivity contribution in [1.29, 1.82) is 0 Å². The second-order valence-corrected chi connectivity index (χ2v) is 11.6. The summed E-state index contributed by atoms with van der Waals surface area (Å²) in [5.41, 5.74) is 4.05. The topological polar surface area (TPSA) is 71.7 Å². The maximum Gasteiger partial charge on any atom is 0.279 e. The molecule has 1 aromatic heterocycles. The van der Waals surface area contributed by atoms with Crippen molar-refractivity contribution < 1.29 is 13.2 Å². The smallest absolute Gasteiger partial charge is 0.279 e. The van der Waals surface area contributed by atoms with Crippen LogP contribution in [0.2, 0.25) is 5.02 Å². The van der Waals surface area contributed by atoms with Gasteiger partial charge in [-0.15, -0.1) is 0 Å². The number of aryl methyl sites for hydroxylation is 3. The van der Waals surface area contributed by atoms with Crippen LogP contribution < -0.4 is 9.11 Å². The molecular weight excluding hydrogens is 490 g/mol. The van der Waals surface area contributed by atoms with E-state index in [9.17, 15) is 13.2 Å². The van der Waals surface area contributed by atoms with Crippen LogP contribution in [-0.4, -0.2) is 25.4 Å². The lowest BCUT2D eigenvalue weighted by molar-refractivity contribution is 0.0998. The molecule has 1 aliphatic heterocycles. The molecule has 0 spiro atoms. The summed E-state index contributed by atoms with van der Waals surface area (Å²) in [6.07, 6.45) is 1.63. The first-order valence-electron chi connectivity index (χ1n) is 10.8. The van der Waals surface area contributed by atoms with Gasteiger partial charge in [-0.25, -0.2) is 8.42 Å². The van der Waals surface area contributed by atoms with Crippen molar-refractivity contribution in [2.24, 2.45) is 12.0 Å². The zero-order chi connectivity index (χ0) is 24.0. The molecule has 0 atom stereocenters. The maximum atomic E-state index is 13.3. The van der Waals surface area contributed by atoms with Gasteiger partial charge in [0, 0.05) is 24.2 Å². The summed E-state index contributed by atoms with van der Waals surface area (Å²) in [5, 5.41) is 0.637. The fraction of sp³-hybridized carbons (Fsp3) is 0.200. The lowest BCUT2D eigenvalue weighted by Crippen LogP contribution is -2.35. The van der Waals surface area contributed by atoms with Crippen LogP contribution in [-0.2, 0) is 23.5 Å². The van der Waals surface area contributed by atoms with Gasteiger partial charge in [0.15, 0.2) is 4.80 Å². The molecule has 0 saturated heterocycles. The number of para-hydroxylation sites is 1. The zero-order valence-corrected chi connectivity index (χ0v) is 21.0. The van der Waals surface area contributed by atoms with Gasteiger partial charge in [-0.1, -0.05) is 41.1 Å². The van der Waals surface area contributed by atoms with Gasteiger partial charge in [-0.3, -0.25) is 9.10 Å². The normalized spacial score (nSPS) is 14.4. The quantitative estimate of drug-likeness (QED) is 0.385. The Labute approximate surface area is 206 Å². The lowest BCUT2D eigenvalue weighted by atomic mass is 10.0. The first-order chi connectivity index (χ1) is 16.3. The highest BCUT2D eigenvalue weighted by molar-refractivity contribution is 7.92. The molecular formula is C25H22ClN3O3S2. The van der Waals surface area contributed by atoms with Gasteiger partial charge in [0.1, 0.15) is 0 Å². The minimum atomic E-state index is -3.73. The van der Waals surface area contributed by atoms with E-state index in [0.717, 1.165) is 39.9 Å². The highest BCUT2D eigenvalue weighted by Crippen LogP contribution is 2.32. The highest BCUT2D eigenvalue weighted by Gasteiger charge is 2.29. The Morgan fingerprint density at radius 2 is 1.82 bits per heavy atom. The van der Waals surface area contributed by atoms with E-state index < -0.39 is 15.9 Å². The number of rotatable bonds is 3. The predicted octanol–water partition coefficient (Wildman–Crippen LogP) is 5.08. The van der Waals surface area contributed by atoms with Crippen LogP contribution in [0.15, 0.2) is 70.6 Å². The third kappa shape index (κ3) is 3.96.